The van der Waals surface area contributed by atoms with Gasteiger partial charge in [-0.1, -0.05) is 6.92 Å². The highest BCUT2D eigenvalue weighted by Gasteiger charge is 2.42. The summed E-state index contributed by atoms with van der Waals surface area (Å²) < 4.78 is 5.47. The van der Waals surface area contributed by atoms with E-state index >= 15 is 0 Å². The van der Waals surface area contributed by atoms with Crippen molar-refractivity contribution in [3.05, 3.63) is 18.0 Å². The van der Waals surface area contributed by atoms with Crippen molar-refractivity contribution in [3.8, 4) is 5.75 Å². The zero-order valence-corrected chi connectivity index (χ0v) is 17.5. The SMILES string of the molecule is CCC(=O)N1CC2CC(Nc3nc(Nc4cc(C5CC5)[nH]n4)ncc3OC)CC2C1. The Balaban J connectivity index is 1.24. The Morgan fingerprint density at radius 2 is 2.07 bits per heavy atom. The van der Waals surface area contributed by atoms with Gasteiger partial charge in [0.25, 0.3) is 0 Å². The normalized spacial score (nSPS) is 25.3. The number of amides is 1. The number of fused-ring (bicyclic) bond motifs is 1. The first-order chi connectivity index (χ1) is 14.6. The van der Waals surface area contributed by atoms with E-state index in [1.54, 1.807) is 13.3 Å². The predicted octanol–water partition coefficient (Wildman–Crippen LogP) is 2.89. The lowest BCUT2D eigenvalue weighted by molar-refractivity contribution is -0.130. The second-order valence-electron chi connectivity index (χ2n) is 8.70. The molecule has 2 aromatic rings. The monoisotopic (exact) mass is 411 g/mol. The molecule has 0 spiro atoms. The second-order valence-corrected chi connectivity index (χ2v) is 8.70. The number of rotatable bonds is 7. The van der Waals surface area contributed by atoms with Gasteiger partial charge in [-0.25, -0.2) is 4.98 Å². The van der Waals surface area contributed by atoms with Gasteiger partial charge in [0.1, 0.15) is 0 Å². The van der Waals surface area contributed by atoms with Gasteiger partial charge in [-0.3, -0.25) is 9.89 Å². The van der Waals surface area contributed by atoms with E-state index in [-0.39, 0.29) is 5.91 Å². The van der Waals surface area contributed by atoms with E-state index in [0.717, 1.165) is 37.4 Å². The number of methoxy groups -OCH3 is 1. The van der Waals surface area contributed by atoms with Gasteiger partial charge >= 0.3 is 0 Å². The molecule has 2 aromatic heterocycles. The molecule has 3 aliphatic rings. The summed E-state index contributed by atoms with van der Waals surface area (Å²) in [6.45, 7) is 3.70. The zero-order valence-electron chi connectivity index (χ0n) is 17.5. The number of anilines is 3. The first-order valence-corrected chi connectivity index (χ1v) is 10.9. The van der Waals surface area contributed by atoms with E-state index in [0.29, 0.717) is 47.7 Å². The molecular formula is C21H29N7O2. The van der Waals surface area contributed by atoms with Crippen LogP contribution in [0.1, 0.15) is 50.6 Å². The smallest absolute Gasteiger partial charge is 0.230 e. The number of H-pyrrole nitrogens is 1. The summed E-state index contributed by atoms with van der Waals surface area (Å²) in [6.07, 6.45) is 6.80. The molecule has 0 bridgehead atoms. The summed E-state index contributed by atoms with van der Waals surface area (Å²) in [5, 5.41) is 14.1. The van der Waals surface area contributed by atoms with Crippen LogP contribution in [0, 0.1) is 11.8 Å². The fourth-order valence-electron chi connectivity index (χ4n) is 4.84. The van der Waals surface area contributed by atoms with E-state index in [1.165, 1.54) is 12.8 Å². The van der Waals surface area contributed by atoms with Crippen molar-refractivity contribution in [1.82, 2.24) is 25.1 Å². The molecule has 5 rings (SSSR count). The van der Waals surface area contributed by atoms with Crippen LogP contribution in [-0.4, -0.2) is 57.2 Å². The lowest BCUT2D eigenvalue weighted by Crippen LogP contribution is -2.30. The maximum absolute atomic E-state index is 12.0. The molecule has 9 heteroatoms. The highest BCUT2D eigenvalue weighted by atomic mass is 16.5. The Labute approximate surface area is 176 Å². The number of carbonyl (C=O) groups excluding carboxylic acids is 1. The minimum absolute atomic E-state index is 0.269. The molecule has 3 N–H and O–H groups in total. The number of carbonyl (C=O) groups is 1. The lowest BCUT2D eigenvalue weighted by atomic mass is 10.0. The van der Waals surface area contributed by atoms with E-state index in [1.807, 2.05) is 17.9 Å². The van der Waals surface area contributed by atoms with Gasteiger partial charge in [0.05, 0.1) is 13.3 Å². The molecule has 0 radical (unpaired) electrons. The van der Waals surface area contributed by atoms with Crippen LogP contribution >= 0.6 is 0 Å². The molecule has 0 aromatic carbocycles. The van der Waals surface area contributed by atoms with Crippen LogP contribution in [0.3, 0.4) is 0 Å². The molecule has 30 heavy (non-hydrogen) atoms. The van der Waals surface area contributed by atoms with Crippen molar-refractivity contribution in [3.63, 3.8) is 0 Å². The fraction of sp³-hybridized carbons (Fsp3) is 0.619. The third-order valence-corrected chi connectivity index (χ3v) is 6.58. The number of nitrogens with zero attached hydrogens (tertiary/aromatic N) is 4. The van der Waals surface area contributed by atoms with Gasteiger partial charge in [0, 0.05) is 43.2 Å². The van der Waals surface area contributed by atoms with Gasteiger partial charge in [-0.2, -0.15) is 10.1 Å². The number of aromatic amines is 1. The average molecular weight is 412 g/mol. The van der Waals surface area contributed by atoms with Crippen LogP contribution in [0.4, 0.5) is 17.6 Å². The van der Waals surface area contributed by atoms with E-state index < -0.39 is 0 Å². The predicted molar refractivity (Wildman–Crippen MR) is 113 cm³/mol. The molecule has 160 valence electrons. The Bertz CT molecular complexity index is 912. The second kappa shape index (κ2) is 7.77. The van der Waals surface area contributed by atoms with Gasteiger partial charge in [-0.15, -0.1) is 0 Å². The Kier molecular flexibility index (Phi) is 4.96. The number of hydrogen-bond acceptors (Lipinski definition) is 7. The standard InChI is InChI=1S/C21H29N7O2/c1-3-19(29)28-10-13-6-15(7-14(13)11-28)23-20-17(30-2)9-22-21(25-20)24-18-8-16(26-27-18)12-4-5-12/h8-9,12-15H,3-7,10-11H2,1-2H3,(H3,22,23,24,25,26,27). The Morgan fingerprint density at radius 1 is 1.30 bits per heavy atom. The highest BCUT2D eigenvalue weighted by molar-refractivity contribution is 5.76. The topological polar surface area (TPSA) is 108 Å². The molecule has 1 aliphatic heterocycles. The van der Waals surface area contributed by atoms with Crippen LogP contribution in [0.5, 0.6) is 5.75 Å². The first-order valence-electron chi connectivity index (χ1n) is 10.9. The first kappa shape index (κ1) is 19.1. The zero-order chi connectivity index (χ0) is 20.7. The molecule has 3 fully saturated rings. The maximum Gasteiger partial charge on any atom is 0.230 e. The van der Waals surface area contributed by atoms with Crippen molar-refractivity contribution >= 4 is 23.5 Å². The van der Waals surface area contributed by atoms with Crippen LogP contribution in [-0.2, 0) is 4.79 Å². The molecule has 2 aliphatic carbocycles. The van der Waals surface area contributed by atoms with Crippen LogP contribution < -0.4 is 15.4 Å². The fourth-order valence-corrected chi connectivity index (χ4v) is 4.84. The third kappa shape index (κ3) is 3.80. The van der Waals surface area contributed by atoms with Crippen molar-refractivity contribution in [2.24, 2.45) is 11.8 Å². The minimum atomic E-state index is 0.269. The Hall–Kier alpha value is -2.84. The van der Waals surface area contributed by atoms with Crippen LogP contribution in [0.25, 0.3) is 0 Å². The third-order valence-electron chi connectivity index (χ3n) is 6.58. The van der Waals surface area contributed by atoms with Gasteiger partial charge < -0.3 is 20.3 Å². The number of hydrogen-bond donors (Lipinski definition) is 3. The highest BCUT2D eigenvalue weighted by Crippen LogP contribution is 2.41. The summed E-state index contributed by atoms with van der Waals surface area (Å²) in [5.74, 6) is 4.55. The molecule has 1 amide bonds. The van der Waals surface area contributed by atoms with Gasteiger partial charge in [0.2, 0.25) is 11.9 Å². The van der Waals surface area contributed by atoms with Gasteiger partial charge in [0.15, 0.2) is 17.4 Å². The summed E-state index contributed by atoms with van der Waals surface area (Å²) in [7, 11) is 1.63. The van der Waals surface area contributed by atoms with E-state index in [4.69, 9.17) is 4.74 Å². The summed E-state index contributed by atoms with van der Waals surface area (Å²) in [4.78, 5) is 23.0. The molecule has 9 nitrogen and oxygen atoms in total. The van der Waals surface area contributed by atoms with Crippen molar-refractivity contribution in [1.29, 1.82) is 0 Å². The quantitative estimate of drug-likeness (QED) is 0.643. The number of aromatic nitrogens is 4. The van der Waals surface area contributed by atoms with Crippen molar-refractivity contribution in [2.45, 2.75) is 51.0 Å². The molecule has 2 atom stereocenters. The summed E-state index contributed by atoms with van der Waals surface area (Å²) in [6, 6.07) is 2.35. The van der Waals surface area contributed by atoms with Crippen LogP contribution in [0.2, 0.25) is 0 Å². The van der Waals surface area contributed by atoms with E-state index in [9.17, 15) is 4.79 Å². The summed E-state index contributed by atoms with van der Waals surface area (Å²) in [5.41, 5.74) is 1.16. The lowest BCUT2D eigenvalue weighted by Gasteiger charge is -2.20. The largest absolute Gasteiger partial charge is 0.491 e. The molecule has 2 saturated carbocycles. The minimum Gasteiger partial charge on any atom is -0.491 e. The summed E-state index contributed by atoms with van der Waals surface area (Å²) >= 11 is 0. The van der Waals surface area contributed by atoms with Crippen molar-refractivity contribution in [2.75, 3.05) is 30.8 Å². The maximum atomic E-state index is 12.0. The van der Waals surface area contributed by atoms with Crippen LogP contribution in [0.15, 0.2) is 12.3 Å². The van der Waals surface area contributed by atoms with E-state index in [2.05, 4.69) is 30.8 Å². The molecular weight excluding hydrogens is 382 g/mol. The number of nitrogens with one attached hydrogen (secondary N) is 3. The van der Waals surface area contributed by atoms with Gasteiger partial charge in [-0.05, 0) is 37.5 Å². The molecule has 3 heterocycles. The molecule has 1 saturated heterocycles. The number of ether oxygens (including phenoxy) is 1. The average Bonchev–Trinajstić information content (AvgIpc) is 3.18. The number of likely N-dealkylation sites (tertiary alicyclic amines) is 1. The Morgan fingerprint density at radius 3 is 2.73 bits per heavy atom. The molecule has 2 unspecified atom stereocenters. The van der Waals surface area contributed by atoms with Crippen molar-refractivity contribution < 1.29 is 9.53 Å².